The van der Waals surface area contributed by atoms with Crippen LogP contribution < -0.4 is 9.20 Å². The molecular formula is C14H14OSe. The second-order valence-corrected chi connectivity index (χ2v) is 4.75. The molecular weight excluding hydrogens is 263 g/mol. The Bertz CT molecular complexity index is 462. The average Bonchev–Trinajstić information content (AvgIpc) is 2.30. The zero-order valence-electron chi connectivity index (χ0n) is 9.18. The Balaban J connectivity index is 2.02. The van der Waals surface area contributed by atoms with Gasteiger partial charge in [-0.25, -0.2) is 0 Å². The topological polar surface area (TPSA) is 9.23 Å². The van der Waals surface area contributed by atoms with Crippen LogP contribution in [-0.4, -0.2) is 16.0 Å². The molecule has 2 aromatic rings. The van der Waals surface area contributed by atoms with Crippen molar-refractivity contribution in [3.63, 3.8) is 0 Å². The van der Waals surface area contributed by atoms with E-state index in [-0.39, 0.29) is 0 Å². The van der Waals surface area contributed by atoms with E-state index in [1.54, 1.807) is 0 Å². The van der Waals surface area contributed by atoms with Crippen molar-refractivity contribution in [2.45, 2.75) is 13.5 Å². The summed E-state index contributed by atoms with van der Waals surface area (Å²) in [7, 11) is 0. The Morgan fingerprint density at radius 3 is 2.38 bits per heavy atom. The maximum absolute atomic E-state index is 5.75. The summed E-state index contributed by atoms with van der Waals surface area (Å²) in [6, 6.07) is 16.4. The van der Waals surface area contributed by atoms with Crippen molar-refractivity contribution in [2.24, 2.45) is 0 Å². The van der Waals surface area contributed by atoms with E-state index in [1.165, 1.54) is 11.1 Å². The molecule has 1 nitrogen and oxygen atoms in total. The summed E-state index contributed by atoms with van der Waals surface area (Å²) >= 11 is 2.53. The van der Waals surface area contributed by atoms with Gasteiger partial charge in [0.15, 0.2) is 0 Å². The molecule has 0 amide bonds. The van der Waals surface area contributed by atoms with Gasteiger partial charge in [-0.15, -0.1) is 0 Å². The summed E-state index contributed by atoms with van der Waals surface area (Å²) in [4.78, 5) is 0. The molecule has 0 N–H and O–H groups in total. The number of rotatable bonds is 3. The number of hydrogen-bond donors (Lipinski definition) is 0. The Kier molecular flexibility index (Phi) is 3.66. The van der Waals surface area contributed by atoms with Gasteiger partial charge >= 0.3 is 104 Å². The summed E-state index contributed by atoms with van der Waals surface area (Å²) in [6.45, 7) is 2.71. The third-order valence-electron chi connectivity index (χ3n) is 2.38. The molecule has 82 valence electrons. The number of para-hydroxylation sites is 1. The summed E-state index contributed by atoms with van der Waals surface area (Å²) in [5, 5.41) is 0. The van der Waals surface area contributed by atoms with Crippen LogP contribution in [0.1, 0.15) is 11.1 Å². The van der Waals surface area contributed by atoms with Gasteiger partial charge in [0.05, 0.1) is 0 Å². The molecule has 0 fully saturated rings. The molecule has 0 aliphatic rings. The van der Waals surface area contributed by atoms with Gasteiger partial charge in [0.25, 0.3) is 0 Å². The number of hydrogen-bond acceptors (Lipinski definition) is 1. The van der Waals surface area contributed by atoms with Crippen molar-refractivity contribution in [1.29, 1.82) is 0 Å². The second kappa shape index (κ2) is 5.20. The van der Waals surface area contributed by atoms with Crippen LogP contribution in [0.15, 0.2) is 48.5 Å². The van der Waals surface area contributed by atoms with E-state index in [1.807, 2.05) is 24.3 Å². The maximum atomic E-state index is 5.75. The van der Waals surface area contributed by atoms with E-state index in [2.05, 4.69) is 47.2 Å². The molecule has 0 heterocycles. The fourth-order valence-corrected chi connectivity index (χ4v) is 1.90. The summed E-state index contributed by atoms with van der Waals surface area (Å²) in [5.74, 6) is 0.933. The second-order valence-electron chi connectivity index (χ2n) is 3.74. The summed E-state index contributed by atoms with van der Waals surface area (Å²) in [6.07, 6.45) is 0. The molecule has 2 rings (SSSR count). The first-order valence-corrected chi connectivity index (χ1v) is 6.16. The quantitative estimate of drug-likeness (QED) is 0.781. The van der Waals surface area contributed by atoms with Gasteiger partial charge in [-0.1, -0.05) is 0 Å². The molecule has 0 aliphatic carbocycles. The fraction of sp³-hybridized carbons (Fsp3) is 0.143. The zero-order valence-corrected chi connectivity index (χ0v) is 11.1. The molecule has 0 saturated carbocycles. The van der Waals surface area contributed by atoms with Crippen molar-refractivity contribution < 1.29 is 4.74 Å². The normalized spacial score (nSPS) is 10.1. The molecule has 0 atom stereocenters. The van der Waals surface area contributed by atoms with Gasteiger partial charge in [-0.2, -0.15) is 0 Å². The predicted octanol–water partition coefficient (Wildman–Crippen LogP) is 2.10. The molecule has 16 heavy (non-hydrogen) atoms. The van der Waals surface area contributed by atoms with Gasteiger partial charge < -0.3 is 0 Å². The van der Waals surface area contributed by atoms with E-state index in [0.717, 1.165) is 10.2 Å². The average molecular weight is 277 g/mol. The van der Waals surface area contributed by atoms with Gasteiger partial charge in [-0.05, 0) is 0 Å². The molecule has 0 radical (unpaired) electrons. The third kappa shape index (κ3) is 2.88. The van der Waals surface area contributed by atoms with Crippen LogP contribution in [0.2, 0.25) is 0 Å². The number of benzene rings is 2. The molecule has 2 heteroatoms. The van der Waals surface area contributed by atoms with Crippen LogP contribution in [0.4, 0.5) is 0 Å². The minimum absolute atomic E-state index is 0.620. The molecule has 0 bridgehead atoms. The Hall–Kier alpha value is -1.24. The molecule has 0 aliphatic heterocycles. The first kappa shape index (κ1) is 11.3. The van der Waals surface area contributed by atoms with E-state index < -0.39 is 0 Å². The first-order valence-electron chi connectivity index (χ1n) is 5.22. The van der Waals surface area contributed by atoms with Crippen LogP contribution in [0.5, 0.6) is 5.75 Å². The minimum atomic E-state index is 0.620. The Morgan fingerprint density at radius 2 is 1.69 bits per heavy atom. The van der Waals surface area contributed by atoms with E-state index >= 15 is 0 Å². The van der Waals surface area contributed by atoms with Gasteiger partial charge in [0, 0.05) is 0 Å². The monoisotopic (exact) mass is 278 g/mol. The Labute approximate surface area is 104 Å². The summed E-state index contributed by atoms with van der Waals surface area (Å²) < 4.78 is 6.86. The summed E-state index contributed by atoms with van der Waals surface area (Å²) in [5.41, 5.74) is 2.47. The van der Waals surface area contributed by atoms with Crippen molar-refractivity contribution in [2.75, 3.05) is 0 Å². The third-order valence-corrected chi connectivity index (χ3v) is 3.16. The van der Waals surface area contributed by atoms with Gasteiger partial charge in [0.1, 0.15) is 0 Å². The van der Waals surface area contributed by atoms with E-state index in [9.17, 15) is 0 Å². The first-order chi connectivity index (χ1) is 7.75. The molecule has 0 unspecified atom stereocenters. The molecule has 0 saturated heterocycles. The van der Waals surface area contributed by atoms with Crippen LogP contribution in [0.3, 0.4) is 0 Å². The standard InChI is InChI=1S/C14H14OSe/c1-11-6-8-12(9-7-11)10-15-13-4-2-3-5-14(13)16/h2-9,16H,10H2,1H3. The van der Waals surface area contributed by atoms with E-state index in [0.29, 0.717) is 6.61 Å². The van der Waals surface area contributed by atoms with Crippen LogP contribution >= 0.6 is 0 Å². The van der Waals surface area contributed by atoms with Crippen LogP contribution in [0, 0.1) is 6.92 Å². The molecule has 0 spiro atoms. The van der Waals surface area contributed by atoms with Gasteiger partial charge in [-0.3, -0.25) is 0 Å². The fourth-order valence-electron chi connectivity index (χ4n) is 1.42. The number of aryl methyl sites for hydroxylation is 1. The predicted molar refractivity (Wildman–Crippen MR) is 68.7 cm³/mol. The van der Waals surface area contributed by atoms with Crippen molar-refractivity contribution in [3.05, 3.63) is 59.7 Å². The Morgan fingerprint density at radius 1 is 1.00 bits per heavy atom. The van der Waals surface area contributed by atoms with Gasteiger partial charge in [0.2, 0.25) is 0 Å². The molecule has 0 aromatic heterocycles. The van der Waals surface area contributed by atoms with Crippen molar-refractivity contribution in [1.82, 2.24) is 0 Å². The molecule has 2 aromatic carbocycles. The number of ether oxygens (including phenoxy) is 1. The van der Waals surface area contributed by atoms with Crippen molar-refractivity contribution in [3.8, 4) is 5.75 Å². The van der Waals surface area contributed by atoms with Crippen LogP contribution in [0.25, 0.3) is 0 Å². The zero-order chi connectivity index (χ0) is 11.4. The van der Waals surface area contributed by atoms with E-state index in [4.69, 9.17) is 4.74 Å². The van der Waals surface area contributed by atoms with Crippen LogP contribution in [-0.2, 0) is 6.61 Å². The SMILES string of the molecule is Cc1ccc(COc2ccccc2[SeH])cc1. The van der Waals surface area contributed by atoms with Crippen molar-refractivity contribution >= 4 is 20.5 Å².